The second kappa shape index (κ2) is 6.57. The molecular formula is C20H18N4O. The molecule has 0 saturated carbocycles. The molecular weight excluding hydrogens is 312 g/mol. The molecule has 0 atom stereocenters. The molecule has 1 heterocycles. The number of hydrazine groups is 2. The summed E-state index contributed by atoms with van der Waals surface area (Å²) < 4.78 is 5.23. The second-order valence-corrected chi connectivity index (χ2v) is 5.56. The van der Waals surface area contributed by atoms with Crippen LogP contribution < -0.4 is 20.4 Å². The Morgan fingerprint density at radius 2 is 1.36 bits per heavy atom. The van der Waals surface area contributed by atoms with Crippen LogP contribution in [0, 0.1) is 0 Å². The fourth-order valence-electron chi connectivity index (χ4n) is 2.66. The number of hydrogen-bond donors (Lipinski definition) is 1. The first-order valence-corrected chi connectivity index (χ1v) is 8.05. The molecule has 0 aliphatic carbocycles. The summed E-state index contributed by atoms with van der Waals surface area (Å²) in [6, 6.07) is 28.0. The van der Waals surface area contributed by atoms with Gasteiger partial charge in [0.25, 0.3) is 0 Å². The Morgan fingerprint density at radius 1 is 0.760 bits per heavy atom. The molecule has 0 radical (unpaired) electrons. The lowest BCUT2D eigenvalue weighted by Crippen LogP contribution is -2.44. The Balaban J connectivity index is 1.71. The number of anilines is 2. The largest absolute Gasteiger partial charge is 0.497 e. The number of nitrogens with zero attached hydrogens (tertiary/aromatic N) is 3. The van der Waals surface area contributed by atoms with Gasteiger partial charge >= 0.3 is 0 Å². The van der Waals surface area contributed by atoms with Crippen LogP contribution in [-0.4, -0.2) is 12.9 Å². The first kappa shape index (κ1) is 15.1. The van der Waals surface area contributed by atoms with E-state index in [1.165, 1.54) is 0 Å². The predicted molar refractivity (Wildman–Crippen MR) is 101 cm³/mol. The molecule has 0 spiro atoms. The van der Waals surface area contributed by atoms with Crippen LogP contribution in [-0.2, 0) is 0 Å². The van der Waals surface area contributed by atoms with E-state index >= 15 is 0 Å². The second-order valence-electron chi connectivity index (χ2n) is 5.56. The highest BCUT2D eigenvalue weighted by molar-refractivity contribution is 6.02. The molecule has 124 valence electrons. The maximum atomic E-state index is 5.23. The topological polar surface area (TPSA) is 40.1 Å². The van der Waals surface area contributed by atoms with Crippen LogP contribution in [0.2, 0.25) is 0 Å². The van der Waals surface area contributed by atoms with Gasteiger partial charge in [-0.3, -0.25) is 5.43 Å². The molecule has 1 N–H and O–H groups in total. The lowest BCUT2D eigenvalue weighted by Gasteiger charge is -2.27. The smallest absolute Gasteiger partial charge is 0.176 e. The minimum absolute atomic E-state index is 0.773. The number of amidine groups is 1. The Hall–Kier alpha value is -3.47. The summed E-state index contributed by atoms with van der Waals surface area (Å²) in [5, 5.41) is 8.55. The summed E-state index contributed by atoms with van der Waals surface area (Å²) >= 11 is 0. The molecule has 3 aromatic carbocycles. The fourth-order valence-corrected chi connectivity index (χ4v) is 2.66. The summed E-state index contributed by atoms with van der Waals surface area (Å²) in [6.45, 7) is 0. The monoisotopic (exact) mass is 330 g/mol. The van der Waals surface area contributed by atoms with E-state index in [1.807, 2.05) is 95.2 Å². The van der Waals surface area contributed by atoms with Crippen molar-refractivity contribution in [2.24, 2.45) is 5.10 Å². The van der Waals surface area contributed by atoms with E-state index < -0.39 is 0 Å². The average Bonchev–Trinajstić information content (AvgIpc) is 3.15. The zero-order chi connectivity index (χ0) is 17.1. The van der Waals surface area contributed by atoms with E-state index in [9.17, 15) is 0 Å². The van der Waals surface area contributed by atoms with Crippen LogP contribution in [0.4, 0.5) is 11.4 Å². The van der Waals surface area contributed by atoms with Crippen molar-refractivity contribution in [2.45, 2.75) is 0 Å². The van der Waals surface area contributed by atoms with Crippen LogP contribution in [0.25, 0.3) is 0 Å². The third kappa shape index (κ3) is 2.99. The van der Waals surface area contributed by atoms with Crippen molar-refractivity contribution in [3.05, 3.63) is 90.5 Å². The fraction of sp³-hybridized carbons (Fsp3) is 0.0500. The number of methoxy groups -OCH3 is 1. The molecule has 1 aliphatic rings. The first-order chi connectivity index (χ1) is 12.3. The minimum Gasteiger partial charge on any atom is -0.497 e. The summed E-state index contributed by atoms with van der Waals surface area (Å²) in [6.07, 6.45) is 0. The van der Waals surface area contributed by atoms with Crippen LogP contribution in [0.15, 0.2) is 90.0 Å². The van der Waals surface area contributed by atoms with Gasteiger partial charge in [0.1, 0.15) is 5.75 Å². The van der Waals surface area contributed by atoms with Crippen molar-refractivity contribution in [1.82, 2.24) is 5.43 Å². The third-order valence-corrected chi connectivity index (χ3v) is 3.95. The molecule has 0 amide bonds. The highest BCUT2D eigenvalue weighted by atomic mass is 16.5. The van der Waals surface area contributed by atoms with Crippen LogP contribution in [0.5, 0.6) is 5.75 Å². The van der Waals surface area contributed by atoms with Gasteiger partial charge in [0.05, 0.1) is 18.5 Å². The molecule has 0 bridgehead atoms. The Kier molecular flexibility index (Phi) is 3.96. The van der Waals surface area contributed by atoms with Gasteiger partial charge in [0.15, 0.2) is 5.84 Å². The van der Waals surface area contributed by atoms with Gasteiger partial charge in [0, 0.05) is 5.56 Å². The maximum Gasteiger partial charge on any atom is 0.176 e. The van der Waals surface area contributed by atoms with Crippen molar-refractivity contribution in [1.29, 1.82) is 0 Å². The lowest BCUT2D eigenvalue weighted by molar-refractivity contribution is 0.415. The van der Waals surface area contributed by atoms with Crippen molar-refractivity contribution in [3.63, 3.8) is 0 Å². The molecule has 1 aliphatic heterocycles. The van der Waals surface area contributed by atoms with E-state index in [1.54, 1.807) is 7.11 Å². The molecule has 0 unspecified atom stereocenters. The van der Waals surface area contributed by atoms with E-state index in [0.717, 1.165) is 28.5 Å². The molecule has 0 aromatic heterocycles. The average molecular weight is 330 g/mol. The number of benzene rings is 3. The van der Waals surface area contributed by atoms with Gasteiger partial charge in [-0.2, -0.15) is 10.2 Å². The summed E-state index contributed by atoms with van der Waals surface area (Å²) in [4.78, 5) is 0. The van der Waals surface area contributed by atoms with Gasteiger partial charge < -0.3 is 4.74 Å². The van der Waals surface area contributed by atoms with Gasteiger partial charge in [-0.25, -0.2) is 0 Å². The zero-order valence-corrected chi connectivity index (χ0v) is 13.8. The minimum atomic E-state index is 0.773. The van der Waals surface area contributed by atoms with Crippen molar-refractivity contribution in [3.8, 4) is 5.75 Å². The number of ether oxygens (including phenoxy) is 1. The number of rotatable bonds is 4. The molecule has 5 nitrogen and oxygen atoms in total. The van der Waals surface area contributed by atoms with Gasteiger partial charge in [-0.15, -0.1) is 5.10 Å². The van der Waals surface area contributed by atoms with Crippen molar-refractivity contribution in [2.75, 3.05) is 17.3 Å². The van der Waals surface area contributed by atoms with Crippen molar-refractivity contribution >= 4 is 17.2 Å². The summed E-state index contributed by atoms with van der Waals surface area (Å²) in [5.74, 6) is 1.59. The molecule has 5 heteroatoms. The number of hydrazone groups is 1. The van der Waals surface area contributed by atoms with E-state index in [0.29, 0.717) is 0 Å². The first-order valence-electron chi connectivity index (χ1n) is 8.05. The van der Waals surface area contributed by atoms with E-state index in [-0.39, 0.29) is 0 Å². The van der Waals surface area contributed by atoms with Gasteiger partial charge in [-0.1, -0.05) is 36.4 Å². The zero-order valence-electron chi connectivity index (χ0n) is 13.8. The Bertz CT molecular complexity index is 863. The lowest BCUT2D eigenvalue weighted by atomic mass is 10.2. The molecule has 4 rings (SSSR count). The van der Waals surface area contributed by atoms with Crippen LogP contribution in [0.3, 0.4) is 0 Å². The third-order valence-electron chi connectivity index (χ3n) is 3.95. The molecule has 3 aromatic rings. The normalized spacial score (nSPS) is 13.4. The highest BCUT2D eigenvalue weighted by Gasteiger charge is 2.26. The summed E-state index contributed by atoms with van der Waals surface area (Å²) in [7, 11) is 1.66. The van der Waals surface area contributed by atoms with Crippen LogP contribution in [0.1, 0.15) is 5.56 Å². The highest BCUT2D eigenvalue weighted by Crippen LogP contribution is 2.25. The molecule has 0 fully saturated rings. The Labute approximate surface area is 146 Å². The number of hydrogen-bond acceptors (Lipinski definition) is 5. The Morgan fingerprint density at radius 3 is 1.96 bits per heavy atom. The van der Waals surface area contributed by atoms with Gasteiger partial charge in [-0.05, 0) is 48.5 Å². The van der Waals surface area contributed by atoms with Crippen molar-refractivity contribution < 1.29 is 4.74 Å². The van der Waals surface area contributed by atoms with E-state index in [4.69, 9.17) is 9.84 Å². The summed E-state index contributed by atoms with van der Waals surface area (Å²) in [5.41, 5.74) is 6.34. The quantitative estimate of drug-likeness (QED) is 0.790. The number of nitrogens with one attached hydrogen (secondary N) is 1. The maximum absolute atomic E-state index is 5.23. The van der Waals surface area contributed by atoms with E-state index in [2.05, 4.69) is 5.43 Å². The standard InChI is InChI=1S/C20H18N4O/c1-25-19-14-12-16(13-15-19)20-21-23(17-8-4-2-5-9-17)24(22-20)18-10-6-3-7-11-18/h2-15H,1H3,(H,21,22). The number of para-hydroxylation sites is 2. The predicted octanol–water partition coefficient (Wildman–Crippen LogP) is 3.80. The molecule has 0 saturated heterocycles. The molecule has 25 heavy (non-hydrogen) atoms. The van der Waals surface area contributed by atoms with Crippen LogP contribution >= 0.6 is 0 Å². The van der Waals surface area contributed by atoms with Gasteiger partial charge in [0.2, 0.25) is 0 Å². The SMILES string of the molecule is COc1ccc(C2=NN(c3ccccc3)N(c3ccccc3)N2)cc1.